The molecule has 0 spiro atoms. The highest BCUT2D eigenvalue weighted by molar-refractivity contribution is 5.98. The van der Waals surface area contributed by atoms with Crippen LogP contribution in [0.5, 0.6) is 0 Å². The molecule has 6 rings (SSSR count). The lowest BCUT2D eigenvalue weighted by Gasteiger charge is -2.05. The van der Waals surface area contributed by atoms with Crippen LogP contribution in [0.1, 0.15) is 5.56 Å². The molecule has 0 atom stereocenters. The van der Waals surface area contributed by atoms with Crippen LogP contribution in [0.25, 0.3) is 56.2 Å². The number of fused-ring (bicyclic) bond motifs is 1. The van der Waals surface area contributed by atoms with Crippen LogP contribution in [0.15, 0.2) is 97.2 Å². The Bertz CT molecular complexity index is 1630. The summed E-state index contributed by atoms with van der Waals surface area (Å²) in [5.41, 5.74) is 14.0. The summed E-state index contributed by atoms with van der Waals surface area (Å²) >= 11 is 0. The van der Waals surface area contributed by atoms with Crippen LogP contribution < -0.4 is 5.73 Å². The third-order valence-electron chi connectivity index (χ3n) is 6.14. The SMILES string of the molecule is NCc1cccc(-c2nc(-c3ccc(F)cc3)c(-c3ccnc4[nH]c(-c5ccccc5)cc34)[nH]2)c1. The maximum absolute atomic E-state index is 13.7. The Morgan fingerprint density at radius 3 is 2.37 bits per heavy atom. The first-order chi connectivity index (χ1) is 17.2. The van der Waals surface area contributed by atoms with Gasteiger partial charge in [-0.2, -0.15) is 0 Å². The molecular weight excluding hydrogens is 437 g/mol. The molecule has 3 heterocycles. The quantitative estimate of drug-likeness (QED) is 0.273. The molecule has 0 saturated heterocycles. The summed E-state index contributed by atoms with van der Waals surface area (Å²) in [6, 6.07) is 28.6. The fourth-order valence-corrected chi connectivity index (χ4v) is 4.39. The van der Waals surface area contributed by atoms with Crippen LogP contribution in [-0.4, -0.2) is 19.9 Å². The van der Waals surface area contributed by atoms with Gasteiger partial charge in [-0.25, -0.2) is 14.4 Å². The van der Waals surface area contributed by atoms with E-state index in [0.717, 1.165) is 61.8 Å². The summed E-state index contributed by atoms with van der Waals surface area (Å²) in [7, 11) is 0. The van der Waals surface area contributed by atoms with Crippen molar-refractivity contribution in [2.24, 2.45) is 5.73 Å². The van der Waals surface area contributed by atoms with Gasteiger partial charge < -0.3 is 15.7 Å². The van der Waals surface area contributed by atoms with Gasteiger partial charge in [0.2, 0.25) is 0 Å². The lowest BCUT2D eigenvalue weighted by atomic mass is 10.0. The summed E-state index contributed by atoms with van der Waals surface area (Å²) in [6.45, 7) is 0.447. The molecule has 170 valence electrons. The Kier molecular flexibility index (Phi) is 5.20. The molecule has 0 radical (unpaired) electrons. The Morgan fingerprint density at radius 1 is 0.771 bits per heavy atom. The van der Waals surface area contributed by atoms with E-state index >= 15 is 0 Å². The van der Waals surface area contributed by atoms with Crippen molar-refractivity contribution in [2.75, 3.05) is 0 Å². The number of H-pyrrole nitrogens is 2. The van der Waals surface area contributed by atoms with Crippen molar-refractivity contribution < 1.29 is 4.39 Å². The molecule has 6 aromatic rings. The van der Waals surface area contributed by atoms with E-state index in [0.29, 0.717) is 6.54 Å². The van der Waals surface area contributed by atoms with Crippen molar-refractivity contribution in [3.05, 3.63) is 109 Å². The van der Waals surface area contributed by atoms with Gasteiger partial charge in [0.25, 0.3) is 0 Å². The van der Waals surface area contributed by atoms with E-state index in [2.05, 4.69) is 33.2 Å². The van der Waals surface area contributed by atoms with Crippen LogP contribution in [0.3, 0.4) is 0 Å². The topological polar surface area (TPSA) is 83.4 Å². The van der Waals surface area contributed by atoms with Crippen LogP contribution in [0.2, 0.25) is 0 Å². The first-order valence-electron chi connectivity index (χ1n) is 11.4. The molecule has 0 amide bonds. The smallest absolute Gasteiger partial charge is 0.138 e. The highest BCUT2D eigenvalue weighted by Gasteiger charge is 2.19. The number of hydrogen-bond donors (Lipinski definition) is 3. The number of benzene rings is 3. The predicted molar refractivity (Wildman–Crippen MR) is 138 cm³/mol. The van der Waals surface area contributed by atoms with Crippen molar-refractivity contribution in [2.45, 2.75) is 6.54 Å². The van der Waals surface area contributed by atoms with Crippen molar-refractivity contribution in [1.82, 2.24) is 19.9 Å². The number of hydrogen-bond acceptors (Lipinski definition) is 3. The number of nitrogens with one attached hydrogen (secondary N) is 2. The van der Waals surface area contributed by atoms with Crippen LogP contribution in [0.4, 0.5) is 4.39 Å². The maximum atomic E-state index is 13.7. The fraction of sp³-hybridized carbons (Fsp3) is 0.0345. The molecule has 5 nitrogen and oxygen atoms in total. The lowest BCUT2D eigenvalue weighted by Crippen LogP contribution is -1.96. The average Bonchev–Trinajstić information content (AvgIpc) is 3.55. The molecule has 0 aliphatic heterocycles. The Hall–Kier alpha value is -4.55. The van der Waals surface area contributed by atoms with Gasteiger partial charge in [-0.15, -0.1) is 0 Å². The van der Waals surface area contributed by atoms with Gasteiger partial charge in [0.1, 0.15) is 17.3 Å². The monoisotopic (exact) mass is 459 g/mol. The van der Waals surface area contributed by atoms with Crippen LogP contribution in [-0.2, 0) is 6.54 Å². The Balaban J connectivity index is 1.56. The third-order valence-corrected chi connectivity index (χ3v) is 6.14. The molecule has 0 saturated carbocycles. The summed E-state index contributed by atoms with van der Waals surface area (Å²) in [4.78, 5) is 16.5. The zero-order valence-electron chi connectivity index (χ0n) is 18.8. The highest BCUT2D eigenvalue weighted by Crippen LogP contribution is 2.37. The van der Waals surface area contributed by atoms with Gasteiger partial charge in [-0.1, -0.05) is 48.5 Å². The van der Waals surface area contributed by atoms with E-state index in [-0.39, 0.29) is 5.82 Å². The van der Waals surface area contributed by atoms with Crippen molar-refractivity contribution in [1.29, 1.82) is 0 Å². The number of aromatic nitrogens is 4. The first kappa shape index (κ1) is 21.0. The Labute approximate surface area is 201 Å². The molecular formula is C29H22FN5. The normalized spacial score (nSPS) is 11.3. The zero-order valence-corrected chi connectivity index (χ0v) is 18.8. The molecule has 0 aliphatic carbocycles. The summed E-state index contributed by atoms with van der Waals surface area (Å²) in [5.74, 6) is 0.435. The van der Waals surface area contributed by atoms with Gasteiger partial charge in [-0.05, 0) is 53.6 Å². The zero-order chi connectivity index (χ0) is 23.8. The highest BCUT2D eigenvalue weighted by atomic mass is 19.1. The molecule has 0 fully saturated rings. The maximum Gasteiger partial charge on any atom is 0.138 e. The molecule has 6 heteroatoms. The number of rotatable bonds is 5. The summed E-state index contributed by atoms with van der Waals surface area (Å²) in [6.07, 6.45) is 1.78. The van der Waals surface area contributed by atoms with Crippen LogP contribution in [0, 0.1) is 5.82 Å². The summed E-state index contributed by atoms with van der Waals surface area (Å²) < 4.78 is 13.7. The van der Waals surface area contributed by atoms with Gasteiger partial charge >= 0.3 is 0 Å². The minimum Gasteiger partial charge on any atom is -0.339 e. The number of nitrogens with zero attached hydrogens (tertiary/aromatic N) is 2. The van der Waals surface area contributed by atoms with E-state index in [1.165, 1.54) is 12.1 Å². The van der Waals surface area contributed by atoms with E-state index in [1.807, 2.05) is 48.5 Å². The number of nitrogens with two attached hydrogens (primary N) is 1. The lowest BCUT2D eigenvalue weighted by molar-refractivity contribution is 0.628. The predicted octanol–water partition coefficient (Wildman–Crippen LogP) is 6.55. The molecule has 0 bridgehead atoms. The Morgan fingerprint density at radius 2 is 1.57 bits per heavy atom. The number of imidazole rings is 1. The summed E-state index contributed by atoms with van der Waals surface area (Å²) in [5, 5.41) is 0.973. The first-order valence-corrected chi connectivity index (χ1v) is 11.4. The molecule has 3 aromatic carbocycles. The second-order valence-electron chi connectivity index (χ2n) is 8.39. The number of aromatic amines is 2. The second-order valence-corrected chi connectivity index (χ2v) is 8.39. The van der Waals surface area contributed by atoms with E-state index < -0.39 is 0 Å². The van der Waals surface area contributed by atoms with Gasteiger partial charge in [0.15, 0.2) is 0 Å². The fourth-order valence-electron chi connectivity index (χ4n) is 4.39. The van der Waals surface area contributed by atoms with Crippen molar-refractivity contribution >= 4 is 11.0 Å². The van der Waals surface area contributed by atoms with Crippen molar-refractivity contribution in [3.63, 3.8) is 0 Å². The second kappa shape index (κ2) is 8.66. The third kappa shape index (κ3) is 3.90. The van der Waals surface area contributed by atoms with E-state index in [9.17, 15) is 4.39 Å². The van der Waals surface area contributed by atoms with Gasteiger partial charge in [0, 0.05) is 40.5 Å². The standard InChI is InChI=1S/C29H22FN5/c30-22-11-9-20(10-12-22)26-27(35-28(34-26)21-8-4-5-18(15-21)17-31)23-13-14-32-29-24(23)16-25(33-29)19-6-2-1-3-7-19/h1-16H,17,31H2,(H,32,33)(H,34,35). The molecule has 3 aromatic heterocycles. The van der Waals surface area contributed by atoms with Gasteiger partial charge in [-0.3, -0.25) is 0 Å². The average molecular weight is 460 g/mol. The number of pyridine rings is 1. The van der Waals surface area contributed by atoms with Gasteiger partial charge in [0.05, 0.1) is 11.4 Å². The van der Waals surface area contributed by atoms with Crippen molar-refractivity contribution in [3.8, 4) is 45.2 Å². The molecule has 4 N–H and O–H groups in total. The minimum atomic E-state index is -0.286. The minimum absolute atomic E-state index is 0.286. The van der Waals surface area contributed by atoms with E-state index in [4.69, 9.17) is 10.7 Å². The molecule has 0 unspecified atom stereocenters. The van der Waals surface area contributed by atoms with E-state index in [1.54, 1.807) is 18.3 Å². The van der Waals surface area contributed by atoms with Crippen LogP contribution >= 0.6 is 0 Å². The largest absolute Gasteiger partial charge is 0.339 e. The molecule has 0 aliphatic rings. The molecule has 35 heavy (non-hydrogen) atoms. The number of halogens is 1.